The van der Waals surface area contributed by atoms with Gasteiger partial charge in [-0.25, -0.2) is 0 Å². The largest absolute Gasteiger partial charge is 0.315 e. The van der Waals surface area contributed by atoms with Gasteiger partial charge < -0.3 is 4.90 Å². The minimum atomic E-state index is 1.02. The van der Waals surface area contributed by atoms with Gasteiger partial charge in [0, 0.05) is 17.1 Å². The summed E-state index contributed by atoms with van der Waals surface area (Å²) in [6.07, 6.45) is 22.6. The lowest BCUT2D eigenvalue weighted by Gasteiger charge is -2.30. The summed E-state index contributed by atoms with van der Waals surface area (Å²) in [7, 11) is 0. The van der Waals surface area contributed by atoms with Crippen molar-refractivity contribution in [3.05, 3.63) is 83.9 Å². The van der Waals surface area contributed by atoms with Crippen LogP contribution in [-0.2, 0) is 0 Å². The van der Waals surface area contributed by atoms with Gasteiger partial charge in [-0.1, -0.05) is 42.5 Å². The summed E-state index contributed by atoms with van der Waals surface area (Å²) >= 11 is 0. The number of hydrogen-bond acceptors (Lipinski definition) is 1. The molecule has 0 fully saturated rings. The minimum absolute atomic E-state index is 1.02. The Labute approximate surface area is 122 Å². The Bertz CT molecular complexity index is 546. The molecule has 0 spiro atoms. The molecule has 0 saturated heterocycles. The maximum atomic E-state index is 3.86. The van der Waals surface area contributed by atoms with Gasteiger partial charge in [0.15, 0.2) is 0 Å². The van der Waals surface area contributed by atoms with Gasteiger partial charge in [0.25, 0.3) is 0 Å². The highest BCUT2D eigenvalue weighted by atomic mass is 15.2. The van der Waals surface area contributed by atoms with E-state index in [4.69, 9.17) is 0 Å². The summed E-state index contributed by atoms with van der Waals surface area (Å²) in [5.41, 5.74) is 5.07. The number of allylic oxidation sites excluding steroid dienone is 11. The first-order valence-corrected chi connectivity index (χ1v) is 7.22. The van der Waals surface area contributed by atoms with Crippen molar-refractivity contribution in [3.8, 4) is 0 Å². The van der Waals surface area contributed by atoms with Crippen molar-refractivity contribution in [1.82, 2.24) is 4.90 Å². The van der Waals surface area contributed by atoms with E-state index >= 15 is 0 Å². The predicted octanol–water partition coefficient (Wildman–Crippen LogP) is 5.40. The van der Waals surface area contributed by atoms with Crippen LogP contribution in [0.2, 0.25) is 0 Å². The molecular formula is C19H23N. The van der Waals surface area contributed by atoms with Crippen LogP contribution in [0.25, 0.3) is 0 Å². The lowest BCUT2D eigenvalue weighted by molar-refractivity contribution is 0.529. The van der Waals surface area contributed by atoms with Crippen molar-refractivity contribution in [2.45, 2.75) is 33.1 Å². The molecule has 0 heterocycles. The first-order chi connectivity index (χ1) is 9.72. The Morgan fingerprint density at radius 3 is 2.70 bits per heavy atom. The fourth-order valence-corrected chi connectivity index (χ4v) is 2.47. The molecule has 0 aromatic carbocycles. The molecule has 0 aliphatic heterocycles. The SMILES string of the molecule is C=C/C=C(\C=C(C)C)N(C1=CCC=C1)C1=CC=CCC1. The van der Waals surface area contributed by atoms with E-state index in [1.807, 2.05) is 6.08 Å². The molecule has 0 unspecified atom stereocenters. The van der Waals surface area contributed by atoms with E-state index < -0.39 is 0 Å². The molecule has 2 aliphatic rings. The first kappa shape index (κ1) is 14.4. The topological polar surface area (TPSA) is 3.24 Å². The second-order valence-electron chi connectivity index (χ2n) is 5.28. The average Bonchev–Trinajstić information content (AvgIpc) is 2.94. The summed E-state index contributed by atoms with van der Waals surface area (Å²) in [6, 6.07) is 0. The van der Waals surface area contributed by atoms with Gasteiger partial charge in [-0.2, -0.15) is 0 Å². The van der Waals surface area contributed by atoms with E-state index in [-0.39, 0.29) is 0 Å². The van der Waals surface area contributed by atoms with Crippen molar-refractivity contribution in [1.29, 1.82) is 0 Å². The Kier molecular flexibility index (Phi) is 5.00. The molecule has 1 heteroatoms. The van der Waals surface area contributed by atoms with Crippen molar-refractivity contribution in [2.75, 3.05) is 0 Å². The van der Waals surface area contributed by atoms with E-state index in [1.54, 1.807) is 0 Å². The highest BCUT2D eigenvalue weighted by Crippen LogP contribution is 2.30. The zero-order valence-electron chi connectivity index (χ0n) is 12.5. The third-order valence-electron chi connectivity index (χ3n) is 3.27. The monoisotopic (exact) mass is 265 g/mol. The Balaban J connectivity index is 2.44. The van der Waals surface area contributed by atoms with Crippen LogP contribution in [0.15, 0.2) is 83.9 Å². The summed E-state index contributed by atoms with van der Waals surface area (Å²) in [5, 5.41) is 0. The van der Waals surface area contributed by atoms with Gasteiger partial charge in [-0.3, -0.25) is 0 Å². The molecule has 20 heavy (non-hydrogen) atoms. The van der Waals surface area contributed by atoms with Crippen LogP contribution in [0.5, 0.6) is 0 Å². The van der Waals surface area contributed by atoms with Crippen molar-refractivity contribution < 1.29 is 0 Å². The molecule has 2 rings (SSSR count). The predicted molar refractivity (Wildman–Crippen MR) is 87.8 cm³/mol. The van der Waals surface area contributed by atoms with Crippen molar-refractivity contribution in [3.63, 3.8) is 0 Å². The molecule has 0 aromatic rings. The summed E-state index contributed by atoms with van der Waals surface area (Å²) in [6.45, 7) is 8.11. The fraction of sp³-hybridized carbons (Fsp3) is 0.263. The van der Waals surface area contributed by atoms with Crippen LogP contribution < -0.4 is 0 Å². The maximum absolute atomic E-state index is 3.86. The Morgan fingerprint density at radius 2 is 2.15 bits per heavy atom. The van der Waals surface area contributed by atoms with E-state index in [1.165, 1.54) is 22.7 Å². The zero-order valence-corrected chi connectivity index (χ0v) is 12.5. The third kappa shape index (κ3) is 3.51. The van der Waals surface area contributed by atoms with Gasteiger partial charge in [0.1, 0.15) is 0 Å². The van der Waals surface area contributed by atoms with Crippen LogP contribution >= 0.6 is 0 Å². The molecule has 1 nitrogen and oxygen atoms in total. The molecule has 2 aliphatic carbocycles. The number of rotatable bonds is 5. The van der Waals surface area contributed by atoms with Gasteiger partial charge in [-0.15, -0.1) is 0 Å². The summed E-state index contributed by atoms with van der Waals surface area (Å²) < 4.78 is 0. The third-order valence-corrected chi connectivity index (χ3v) is 3.27. The van der Waals surface area contributed by atoms with E-state index in [9.17, 15) is 0 Å². The lowest BCUT2D eigenvalue weighted by Crippen LogP contribution is -2.20. The normalized spacial score (nSPS) is 17.6. The van der Waals surface area contributed by atoms with Gasteiger partial charge >= 0.3 is 0 Å². The van der Waals surface area contributed by atoms with Crippen LogP contribution in [-0.4, -0.2) is 4.90 Å². The van der Waals surface area contributed by atoms with Crippen molar-refractivity contribution in [2.24, 2.45) is 0 Å². The highest BCUT2D eigenvalue weighted by Gasteiger charge is 2.17. The average molecular weight is 265 g/mol. The van der Waals surface area contributed by atoms with E-state index in [0.29, 0.717) is 0 Å². The molecule has 0 N–H and O–H groups in total. The van der Waals surface area contributed by atoms with Crippen LogP contribution in [0.4, 0.5) is 0 Å². The van der Waals surface area contributed by atoms with Gasteiger partial charge in [0.05, 0.1) is 0 Å². The second kappa shape index (κ2) is 6.95. The molecular weight excluding hydrogens is 242 g/mol. The maximum Gasteiger partial charge on any atom is 0.0457 e. The molecule has 0 atom stereocenters. The van der Waals surface area contributed by atoms with E-state index in [2.05, 4.69) is 73.9 Å². The fourth-order valence-electron chi connectivity index (χ4n) is 2.47. The second-order valence-corrected chi connectivity index (χ2v) is 5.28. The van der Waals surface area contributed by atoms with Crippen molar-refractivity contribution >= 4 is 0 Å². The Morgan fingerprint density at radius 1 is 1.30 bits per heavy atom. The molecule has 0 radical (unpaired) electrons. The quantitative estimate of drug-likeness (QED) is 0.601. The Hall–Kier alpha value is -2.02. The highest BCUT2D eigenvalue weighted by molar-refractivity contribution is 5.40. The number of nitrogens with zero attached hydrogens (tertiary/aromatic N) is 1. The summed E-state index contributed by atoms with van der Waals surface area (Å²) in [5.74, 6) is 0. The minimum Gasteiger partial charge on any atom is -0.315 e. The standard InChI is InChI=1S/C19H23N/c1-4-10-19(15-16(2)3)20(18-13-8-9-14-18)17-11-6-5-7-12-17/h4-6,8,10-11,13-15H,1,7,9,12H2,2-3H3/b19-10+. The smallest absolute Gasteiger partial charge is 0.0457 e. The molecule has 0 aromatic heterocycles. The number of hydrogen-bond donors (Lipinski definition) is 0. The molecule has 0 bridgehead atoms. The first-order valence-electron chi connectivity index (χ1n) is 7.22. The van der Waals surface area contributed by atoms with Crippen LogP contribution in [0.1, 0.15) is 33.1 Å². The van der Waals surface area contributed by atoms with Crippen LogP contribution in [0, 0.1) is 0 Å². The molecule has 0 saturated carbocycles. The lowest BCUT2D eigenvalue weighted by atomic mass is 10.1. The van der Waals surface area contributed by atoms with Crippen LogP contribution in [0.3, 0.4) is 0 Å². The molecule has 0 amide bonds. The van der Waals surface area contributed by atoms with Gasteiger partial charge in [-0.05, 0) is 57.4 Å². The van der Waals surface area contributed by atoms with E-state index in [0.717, 1.165) is 19.3 Å². The zero-order chi connectivity index (χ0) is 14.4. The summed E-state index contributed by atoms with van der Waals surface area (Å²) in [4.78, 5) is 2.35. The molecule has 104 valence electrons. The van der Waals surface area contributed by atoms with Gasteiger partial charge in [0.2, 0.25) is 0 Å².